The van der Waals surface area contributed by atoms with Crippen molar-refractivity contribution in [3.05, 3.63) is 35.9 Å². The zero-order valence-electron chi connectivity index (χ0n) is 16.3. The van der Waals surface area contributed by atoms with Crippen LogP contribution in [0.15, 0.2) is 30.3 Å². The van der Waals surface area contributed by atoms with Gasteiger partial charge in [0.1, 0.15) is 0 Å². The van der Waals surface area contributed by atoms with Crippen molar-refractivity contribution in [1.82, 2.24) is 5.32 Å². The van der Waals surface area contributed by atoms with Crippen LogP contribution in [-0.4, -0.2) is 45.2 Å². The standard InChI is InChI=1S/C22H27N3O3/c1-28-12-4-11-25-19-9-8-18(16-6-2-7-17(21(16)19)22(25)27)24-20(26)13-15-5-3-10-23-14-15/h2,6-9,15,23H,3-5,10-14H2,1H3,(H,24,26). The van der Waals surface area contributed by atoms with E-state index in [1.807, 2.05) is 35.2 Å². The molecule has 0 saturated carbocycles. The Morgan fingerprint density at radius 1 is 1.32 bits per heavy atom. The third kappa shape index (κ3) is 3.62. The van der Waals surface area contributed by atoms with Crippen molar-refractivity contribution in [1.29, 1.82) is 0 Å². The monoisotopic (exact) mass is 381 g/mol. The van der Waals surface area contributed by atoms with Gasteiger partial charge in [0.25, 0.3) is 5.91 Å². The molecule has 0 spiro atoms. The fraction of sp³-hybridized carbons (Fsp3) is 0.455. The summed E-state index contributed by atoms with van der Waals surface area (Å²) in [7, 11) is 1.67. The summed E-state index contributed by atoms with van der Waals surface area (Å²) < 4.78 is 5.12. The van der Waals surface area contributed by atoms with Crippen molar-refractivity contribution < 1.29 is 14.3 Å². The van der Waals surface area contributed by atoms with Crippen LogP contribution in [0.4, 0.5) is 11.4 Å². The number of nitrogens with zero attached hydrogens (tertiary/aromatic N) is 1. The molecule has 1 unspecified atom stereocenters. The number of amides is 2. The molecule has 2 aliphatic heterocycles. The summed E-state index contributed by atoms with van der Waals surface area (Å²) in [5, 5.41) is 8.29. The fourth-order valence-electron chi connectivity index (χ4n) is 4.31. The lowest BCUT2D eigenvalue weighted by molar-refractivity contribution is -0.117. The second-order valence-electron chi connectivity index (χ2n) is 7.63. The first-order valence-electron chi connectivity index (χ1n) is 10.1. The predicted octanol–water partition coefficient (Wildman–Crippen LogP) is 3.16. The average Bonchev–Trinajstić information content (AvgIpc) is 2.98. The van der Waals surface area contributed by atoms with Crippen LogP contribution in [0.3, 0.4) is 0 Å². The van der Waals surface area contributed by atoms with Gasteiger partial charge < -0.3 is 20.3 Å². The Labute approximate surface area is 165 Å². The van der Waals surface area contributed by atoms with Gasteiger partial charge in [0.2, 0.25) is 5.91 Å². The summed E-state index contributed by atoms with van der Waals surface area (Å²) in [5.74, 6) is 0.451. The molecule has 2 aliphatic rings. The lowest BCUT2D eigenvalue weighted by Gasteiger charge is -2.22. The van der Waals surface area contributed by atoms with Crippen molar-refractivity contribution in [2.24, 2.45) is 5.92 Å². The Kier molecular flexibility index (Phi) is 5.59. The topological polar surface area (TPSA) is 70.7 Å². The summed E-state index contributed by atoms with van der Waals surface area (Å²) in [6.07, 6.45) is 3.53. The number of methoxy groups -OCH3 is 1. The Balaban J connectivity index is 1.57. The number of hydrogen-bond donors (Lipinski definition) is 2. The molecule has 6 heteroatoms. The number of rotatable bonds is 7. The Morgan fingerprint density at radius 2 is 2.21 bits per heavy atom. The van der Waals surface area contributed by atoms with Crippen LogP contribution in [0.5, 0.6) is 0 Å². The molecular weight excluding hydrogens is 354 g/mol. The van der Waals surface area contributed by atoms with Gasteiger partial charge in [-0.2, -0.15) is 0 Å². The quantitative estimate of drug-likeness (QED) is 0.723. The van der Waals surface area contributed by atoms with Crippen molar-refractivity contribution in [3.63, 3.8) is 0 Å². The van der Waals surface area contributed by atoms with E-state index in [9.17, 15) is 9.59 Å². The second kappa shape index (κ2) is 8.29. The minimum absolute atomic E-state index is 0.0217. The van der Waals surface area contributed by atoms with E-state index in [1.54, 1.807) is 7.11 Å². The number of benzene rings is 2. The number of hydrogen-bond acceptors (Lipinski definition) is 4. The van der Waals surface area contributed by atoms with Crippen LogP contribution in [0.2, 0.25) is 0 Å². The highest BCUT2D eigenvalue weighted by Crippen LogP contribution is 2.40. The van der Waals surface area contributed by atoms with Crippen molar-refractivity contribution in [2.45, 2.75) is 25.7 Å². The number of ether oxygens (including phenoxy) is 1. The van der Waals surface area contributed by atoms with Gasteiger partial charge in [0.05, 0.1) is 5.69 Å². The molecule has 2 N–H and O–H groups in total. The first-order chi connectivity index (χ1) is 13.7. The molecule has 1 fully saturated rings. The van der Waals surface area contributed by atoms with E-state index >= 15 is 0 Å². The molecule has 2 aromatic rings. The minimum atomic E-state index is 0.0217. The molecule has 0 bridgehead atoms. The van der Waals surface area contributed by atoms with Gasteiger partial charge in [0, 0.05) is 48.7 Å². The molecule has 0 aliphatic carbocycles. The van der Waals surface area contributed by atoms with Crippen LogP contribution in [0.25, 0.3) is 10.8 Å². The van der Waals surface area contributed by atoms with Crippen molar-refractivity contribution >= 4 is 34.0 Å². The number of piperidine rings is 1. The summed E-state index contributed by atoms with van der Waals surface area (Å²) in [5.41, 5.74) is 2.40. The van der Waals surface area contributed by atoms with Crippen LogP contribution >= 0.6 is 0 Å². The van der Waals surface area contributed by atoms with Gasteiger partial charge in [0.15, 0.2) is 0 Å². The molecule has 148 valence electrons. The maximum absolute atomic E-state index is 12.9. The van der Waals surface area contributed by atoms with E-state index in [0.717, 1.165) is 54.5 Å². The zero-order valence-corrected chi connectivity index (χ0v) is 16.3. The van der Waals surface area contributed by atoms with Crippen LogP contribution in [-0.2, 0) is 9.53 Å². The maximum Gasteiger partial charge on any atom is 0.258 e. The second-order valence-corrected chi connectivity index (χ2v) is 7.63. The van der Waals surface area contributed by atoms with Gasteiger partial charge >= 0.3 is 0 Å². The van der Waals surface area contributed by atoms with E-state index in [0.29, 0.717) is 31.1 Å². The van der Waals surface area contributed by atoms with Crippen molar-refractivity contribution in [3.8, 4) is 0 Å². The summed E-state index contributed by atoms with van der Waals surface area (Å²) in [6.45, 7) is 3.19. The molecule has 0 aromatic heterocycles. The lowest BCUT2D eigenvalue weighted by atomic mass is 9.96. The zero-order chi connectivity index (χ0) is 19.5. The molecular formula is C22H27N3O3. The fourth-order valence-corrected chi connectivity index (χ4v) is 4.31. The summed E-state index contributed by atoms with van der Waals surface area (Å²) in [6, 6.07) is 9.59. The number of carbonyl (C=O) groups excluding carboxylic acids is 2. The minimum Gasteiger partial charge on any atom is -0.385 e. The van der Waals surface area contributed by atoms with E-state index in [4.69, 9.17) is 4.74 Å². The molecule has 28 heavy (non-hydrogen) atoms. The average molecular weight is 381 g/mol. The smallest absolute Gasteiger partial charge is 0.258 e. The van der Waals surface area contributed by atoms with Gasteiger partial charge in [-0.25, -0.2) is 0 Å². The highest BCUT2D eigenvalue weighted by atomic mass is 16.5. The first-order valence-corrected chi connectivity index (χ1v) is 10.1. The van der Waals surface area contributed by atoms with E-state index in [1.165, 1.54) is 0 Å². The highest BCUT2D eigenvalue weighted by molar-refractivity contribution is 6.27. The van der Waals surface area contributed by atoms with Crippen LogP contribution < -0.4 is 15.5 Å². The molecule has 0 radical (unpaired) electrons. The molecule has 1 atom stereocenters. The number of nitrogens with one attached hydrogen (secondary N) is 2. The van der Waals surface area contributed by atoms with E-state index in [-0.39, 0.29) is 11.8 Å². The first kappa shape index (κ1) is 18.9. The Bertz CT molecular complexity index is 890. The third-order valence-corrected chi connectivity index (χ3v) is 5.66. The van der Waals surface area contributed by atoms with Crippen molar-refractivity contribution in [2.75, 3.05) is 43.6 Å². The molecule has 2 aromatic carbocycles. The summed E-state index contributed by atoms with van der Waals surface area (Å²) in [4.78, 5) is 27.3. The Morgan fingerprint density at radius 3 is 3.00 bits per heavy atom. The summed E-state index contributed by atoms with van der Waals surface area (Å²) >= 11 is 0. The van der Waals surface area contributed by atoms with Gasteiger partial charge in [-0.05, 0) is 56.5 Å². The van der Waals surface area contributed by atoms with Crippen LogP contribution in [0.1, 0.15) is 36.0 Å². The Hall–Kier alpha value is -2.44. The maximum atomic E-state index is 12.9. The molecule has 1 saturated heterocycles. The molecule has 4 rings (SSSR count). The largest absolute Gasteiger partial charge is 0.385 e. The highest BCUT2D eigenvalue weighted by Gasteiger charge is 2.30. The van der Waals surface area contributed by atoms with Gasteiger partial charge in [-0.15, -0.1) is 0 Å². The normalized spacial score (nSPS) is 18.7. The SMILES string of the molecule is COCCCN1C(=O)c2cccc3c(NC(=O)CC4CCCNC4)ccc1c23. The number of carbonyl (C=O) groups is 2. The molecule has 6 nitrogen and oxygen atoms in total. The molecule has 2 amide bonds. The van der Waals surface area contributed by atoms with Gasteiger partial charge in [-0.3, -0.25) is 9.59 Å². The molecule has 2 heterocycles. The van der Waals surface area contributed by atoms with Crippen LogP contribution in [0, 0.1) is 5.92 Å². The van der Waals surface area contributed by atoms with E-state index in [2.05, 4.69) is 10.6 Å². The lowest BCUT2D eigenvalue weighted by Crippen LogP contribution is -2.32. The van der Waals surface area contributed by atoms with Gasteiger partial charge in [-0.1, -0.05) is 12.1 Å². The third-order valence-electron chi connectivity index (χ3n) is 5.66. The van der Waals surface area contributed by atoms with E-state index < -0.39 is 0 Å². The predicted molar refractivity (Wildman–Crippen MR) is 111 cm³/mol. The number of anilines is 2.